The van der Waals surface area contributed by atoms with E-state index in [0.29, 0.717) is 5.56 Å². The summed E-state index contributed by atoms with van der Waals surface area (Å²) in [6.07, 6.45) is 0. The van der Waals surface area contributed by atoms with Crippen molar-refractivity contribution < 1.29 is 0 Å². The second-order valence-corrected chi connectivity index (χ2v) is 4.83. The van der Waals surface area contributed by atoms with Crippen LogP contribution in [0.25, 0.3) is 22.2 Å². The van der Waals surface area contributed by atoms with Crippen molar-refractivity contribution in [1.29, 1.82) is 5.26 Å². The summed E-state index contributed by atoms with van der Waals surface area (Å²) in [6.45, 7) is 1.90. The minimum atomic E-state index is -0.110. The van der Waals surface area contributed by atoms with E-state index in [9.17, 15) is 0 Å². The molecule has 1 aromatic heterocycles. The van der Waals surface area contributed by atoms with Gasteiger partial charge in [-0.1, -0.05) is 18.2 Å². The van der Waals surface area contributed by atoms with Crippen LogP contribution in [0.3, 0.4) is 0 Å². The van der Waals surface area contributed by atoms with Crippen LogP contribution in [0.2, 0.25) is 0 Å². The number of imidazole rings is 1. The zero-order valence-electron chi connectivity index (χ0n) is 11.1. The Hall–Kier alpha value is -2.64. The van der Waals surface area contributed by atoms with Gasteiger partial charge in [-0.3, -0.25) is 0 Å². The monoisotopic (exact) mass is 262 g/mol. The SMILES string of the molecule is C[C@@H](N)c1nc2ccc(-c3ccc(C#N)cc3)cc2[nH]1. The number of aromatic nitrogens is 2. The molecule has 1 heterocycles. The van der Waals surface area contributed by atoms with Crippen LogP contribution in [0.5, 0.6) is 0 Å². The van der Waals surface area contributed by atoms with Gasteiger partial charge in [0.1, 0.15) is 5.82 Å². The first kappa shape index (κ1) is 12.4. The summed E-state index contributed by atoms with van der Waals surface area (Å²) < 4.78 is 0. The van der Waals surface area contributed by atoms with Crippen molar-refractivity contribution in [3.63, 3.8) is 0 Å². The fraction of sp³-hybridized carbons (Fsp3) is 0.125. The molecule has 0 fully saturated rings. The Kier molecular flexibility index (Phi) is 2.97. The summed E-state index contributed by atoms with van der Waals surface area (Å²) in [4.78, 5) is 7.69. The molecule has 0 amide bonds. The highest BCUT2D eigenvalue weighted by Crippen LogP contribution is 2.24. The van der Waals surface area contributed by atoms with E-state index in [1.54, 1.807) is 0 Å². The number of hydrogen-bond acceptors (Lipinski definition) is 3. The van der Waals surface area contributed by atoms with Crippen molar-refractivity contribution >= 4 is 11.0 Å². The van der Waals surface area contributed by atoms with Gasteiger partial charge >= 0.3 is 0 Å². The molecule has 0 unspecified atom stereocenters. The summed E-state index contributed by atoms with van der Waals surface area (Å²) in [5.74, 6) is 0.789. The van der Waals surface area contributed by atoms with Crippen molar-refractivity contribution in [3.05, 3.63) is 53.9 Å². The number of hydrogen-bond donors (Lipinski definition) is 2. The summed E-state index contributed by atoms with van der Waals surface area (Å²) in [7, 11) is 0. The molecule has 3 N–H and O–H groups in total. The van der Waals surface area contributed by atoms with Gasteiger partial charge in [0.2, 0.25) is 0 Å². The highest BCUT2D eigenvalue weighted by molar-refractivity contribution is 5.82. The third-order valence-corrected chi connectivity index (χ3v) is 3.28. The number of H-pyrrole nitrogens is 1. The fourth-order valence-corrected chi connectivity index (χ4v) is 2.16. The average Bonchev–Trinajstić information content (AvgIpc) is 2.90. The molecular formula is C16H14N4. The lowest BCUT2D eigenvalue weighted by molar-refractivity contribution is 0.760. The van der Waals surface area contributed by atoms with Gasteiger partial charge in [0.15, 0.2) is 0 Å². The van der Waals surface area contributed by atoms with Crippen LogP contribution in [0, 0.1) is 11.3 Å². The Labute approximate surface area is 116 Å². The minimum absolute atomic E-state index is 0.110. The van der Waals surface area contributed by atoms with E-state index in [1.807, 2.05) is 43.3 Å². The normalized spacial score (nSPS) is 12.2. The molecule has 0 aliphatic heterocycles. The summed E-state index contributed by atoms with van der Waals surface area (Å²) in [6, 6.07) is 15.6. The van der Waals surface area contributed by atoms with Crippen molar-refractivity contribution in [1.82, 2.24) is 9.97 Å². The first-order valence-corrected chi connectivity index (χ1v) is 6.43. The molecule has 1 atom stereocenters. The second-order valence-electron chi connectivity index (χ2n) is 4.83. The largest absolute Gasteiger partial charge is 0.341 e. The molecule has 0 radical (unpaired) electrons. The molecule has 3 aromatic rings. The van der Waals surface area contributed by atoms with E-state index in [1.165, 1.54) is 0 Å². The first-order chi connectivity index (χ1) is 9.67. The zero-order valence-corrected chi connectivity index (χ0v) is 11.1. The van der Waals surface area contributed by atoms with Crippen molar-refractivity contribution in [2.24, 2.45) is 5.73 Å². The third kappa shape index (κ3) is 2.15. The van der Waals surface area contributed by atoms with Crippen LogP contribution in [0.1, 0.15) is 24.4 Å². The molecule has 0 saturated carbocycles. The van der Waals surface area contributed by atoms with Gasteiger partial charge < -0.3 is 10.7 Å². The molecule has 0 aliphatic carbocycles. The molecule has 0 aliphatic rings. The van der Waals surface area contributed by atoms with Gasteiger partial charge in [-0.25, -0.2) is 4.98 Å². The molecule has 4 heteroatoms. The Morgan fingerprint density at radius 1 is 1.15 bits per heavy atom. The minimum Gasteiger partial charge on any atom is -0.341 e. The quantitative estimate of drug-likeness (QED) is 0.744. The first-order valence-electron chi connectivity index (χ1n) is 6.43. The Bertz CT molecular complexity index is 791. The molecular weight excluding hydrogens is 248 g/mol. The average molecular weight is 262 g/mol. The third-order valence-electron chi connectivity index (χ3n) is 3.28. The maximum Gasteiger partial charge on any atom is 0.123 e. The van der Waals surface area contributed by atoms with Crippen LogP contribution < -0.4 is 5.73 Å². The Morgan fingerprint density at radius 2 is 1.85 bits per heavy atom. The van der Waals surface area contributed by atoms with Gasteiger partial charge in [0, 0.05) is 0 Å². The lowest BCUT2D eigenvalue weighted by atomic mass is 10.0. The zero-order chi connectivity index (χ0) is 14.1. The van der Waals surface area contributed by atoms with Gasteiger partial charge in [0.05, 0.1) is 28.7 Å². The van der Waals surface area contributed by atoms with E-state index in [2.05, 4.69) is 22.1 Å². The Balaban J connectivity index is 2.05. The molecule has 20 heavy (non-hydrogen) atoms. The number of nitrogens with two attached hydrogens (primary N) is 1. The number of fused-ring (bicyclic) bond motifs is 1. The van der Waals surface area contributed by atoms with Crippen molar-refractivity contribution in [3.8, 4) is 17.2 Å². The number of nitrogens with one attached hydrogen (secondary N) is 1. The van der Waals surface area contributed by atoms with Crippen LogP contribution >= 0.6 is 0 Å². The number of aromatic amines is 1. The second kappa shape index (κ2) is 4.80. The number of nitrogens with zero attached hydrogens (tertiary/aromatic N) is 2. The maximum atomic E-state index is 8.82. The summed E-state index contributed by atoms with van der Waals surface area (Å²) in [5, 5.41) is 8.82. The lowest BCUT2D eigenvalue weighted by Gasteiger charge is -2.01. The molecule has 98 valence electrons. The molecule has 3 rings (SSSR count). The summed E-state index contributed by atoms with van der Waals surface area (Å²) in [5.41, 5.74) is 10.5. The summed E-state index contributed by atoms with van der Waals surface area (Å²) >= 11 is 0. The van der Waals surface area contributed by atoms with Gasteiger partial charge in [-0.15, -0.1) is 0 Å². The predicted octanol–water partition coefficient (Wildman–Crippen LogP) is 3.12. The number of nitriles is 1. The van der Waals surface area contributed by atoms with Gasteiger partial charge in [0.25, 0.3) is 0 Å². The van der Waals surface area contributed by atoms with E-state index < -0.39 is 0 Å². The van der Waals surface area contributed by atoms with Crippen LogP contribution in [0.4, 0.5) is 0 Å². The standard InChI is InChI=1S/C16H14N4/c1-10(18)16-19-14-7-6-13(8-15(14)20-16)12-4-2-11(9-17)3-5-12/h2-8,10H,18H2,1H3,(H,19,20)/t10-/m1/s1. The highest BCUT2D eigenvalue weighted by atomic mass is 15.0. The van der Waals surface area contributed by atoms with E-state index >= 15 is 0 Å². The molecule has 0 bridgehead atoms. The lowest BCUT2D eigenvalue weighted by Crippen LogP contribution is -2.06. The van der Waals surface area contributed by atoms with Gasteiger partial charge in [-0.2, -0.15) is 5.26 Å². The van der Waals surface area contributed by atoms with Crippen molar-refractivity contribution in [2.45, 2.75) is 13.0 Å². The van der Waals surface area contributed by atoms with E-state index in [-0.39, 0.29) is 6.04 Å². The molecule has 2 aromatic carbocycles. The Morgan fingerprint density at radius 3 is 2.50 bits per heavy atom. The fourth-order valence-electron chi connectivity index (χ4n) is 2.16. The number of benzene rings is 2. The van der Waals surface area contributed by atoms with Crippen LogP contribution in [-0.2, 0) is 0 Å². The predicted molar refractivity (Wildman–Crippen MR) is 78.8 cm³/mol. The highest BCUT2D eigenvalue weighted by Gasteiger charge is 2.07. The molecule has 4 nitrogen and oxygen atoms in total. The number of rotatable bonds is 2. The van der Waals surface area contributed by atoms with E-state index in [0.717, 1.165) is 28.0 Å². The van der Waals surface area contributed by atoms with Crippen LogP contribution in [-0.4, -0.2) is 9.97 Å². The van der Waals surface area contributed by atoms with Gasteiger partial charge in [-0.05, 0) is 42.3 Å². The smallest absolute Gasteiger partial charge is 0.123 e. The maximum absolute atomic E-state index is 8.82. The van der Waals surface area contributed by atoms with E-state index in [4.69, 9.17) is 11.0 Å². The topological polar surface area (TPSA) is 78.5 Å². The molecule has 0 saturated heterocycles. The van der Waals surface area contributed by atoms with Crippen LogP contribution in [0.15, 0.2) is 42.5 Å². The van der Waals surface area contributed by atoms with Crippen molar-refractivity contribution in [2.75, 3.05) is 0 Å². The molecule has 0 spiro atoms.